The molecule has 1 amide bonds. The van der Waals surface area contributed by atoms with Gasteiger partial charge in [-0.2, -0.15) is 0 Å². The van der Waals surface area contributed by atoms with E-state index in [1.807, 2.05) is 30.5 Å². The lowest BCUT2D eigenvalue weighted by Gasteiger charge is -2.21. The van der Waals surface area contributed by atoms with Gasteiger partial charge in [0.05, 0.1) is 5.25 Å². The molecule has 4 rings (SSSR count). The summed E-state index contributed by atoms with van der Waals surface area (Å²) >= 11 is 0. The maximum atomic E-state index is 12.7. The van der Waals surface area contributed by atoms with Crippen LogP contribution in [0.15, 0.2) is 30.5 Å². The molecule has 0 spiro atoms. The smallest absolute Gasteiger partial charge is 0.238 e. The van der Waals surface area contributed by atoms with Crippen LogP contribution in [0, 0.1) is 0 Å². The Hall–Kier alpha value is -1.86. The van der Waals surface area contributed by atoms with E-state index in [4.69, 9.17) is 0 Å². The second kappa shape index (κ2) is 7.04. The number of carbonyl (C=O) groups excluding carboxylic acids is 1. The van der Waals surface area contributed by atoms with Gasteiger partial charge < -0.3 is 10.3 Å². The van der Waals surface area contributed by atoms with E-state index in [0.717, 1.165) is 42.1 Å². The Morgan fingerprint density at radius 2 is 1.88 bits per heavy atom. The monoisotopic (exact) mass is 375 g/mol. The minimum Gasteiger partial charge on any atom is -0.361 e. The zero-order chi connectivity index (χ0) is 18.1. The Labute approximate surface area is 153 Å². The van der Waals surface area contributed by atoms with Crippen LogP contribution in [0.2, 0.25) is 0 Å². The molecule has 0 unspecified atom stereocenters. The highest BCUT2D eigenvalue weighted by molar-refractivity contribution is 7.90. The van der Waals surface area contributed by atoms with Crippen molar-refractivity contribution >= 4 is 26.8 Å². The number of amides is 1. The molecule has 2 saturated carbocycles. The summed E-state index contributed by atoms with van der Waals surface area (Å²) in [6.45, 7) is 0. The third-order valence-corrected chi connectivity index (χ3v) is 7.35. The second-order valence-electron chi connectivity index (χ2n) is 7.47. The lowest BCUT2D eigenvalue weighted by Crippen LogP contribution is -2.50. The van der Waals surface area contributed by atoms with Gasteiger partial charge in [0.15, 0.2) is 0 Å². The Kier molecular flexibility index (Phi) is 4.75. The van der Waals surface area contributed by atoms with E-state index < -0.39 is 16.1 Å². The fourth-order valence-electron chi connectivity index (χ4n) is 3.73. The summed E-state index contributed by atoms with van der Waals surface area (Å²) in [5.74, 6) is -0.223. The first-order valence-electron chi connectivity index (χ1n) is 9.39. The van der Waals surface area contributed by atoms with Crippen LogP contribution in [0.4, 0.5) is 0 Å². The first kappa shape index (κ1) is 17.5. The van der Waals surface area contributed by atoms with Crippen molar-refractivity contribution in [3.63, 3.8) is 0 Å². The van der Waals surface area contributed by atoms with E-state index in [2.05, 4.69) is 15.0 Å². The topological polar surface area (TPSA) is 91.1 Å². The standard InChI is InChI=1S/C19H25N3O3S/c23-19(21-14-9-10-14)18(22-26(24,25)15-5-1-2-6-15)11-13-12-20-17-8-4-3-7-16(13)17/h3-4,7-8,12,14-15,18,20,22H,1-2,5-6,9-11H2,(H,21,23)/t18-/m0/s1. The number of carbonyl (C=O) groups is 1. The van der Waals surface area contributed by atoms with E-state index in [1.54, 1.807) is 0 Å². The minimum atomic E-state index is -3.50. The molecule has 140 valence electrons. The van der Waals surface area contributed by atoms with Crippen molar-refractivity contribution in [3.05, 3.63) is 36.0 Å². The quantitative estimate of drug-likeness (QED) is 0.693. The highest BCUT2D eigenvalue weighted by Gasteiger charge is 2.35. The molecule has 7 heteroatoms. The number of H-pyrrole nitrogens is 1. The van der Waals surface area contributed by atoms with Gasteiger partial charge >= 0.3 is 0 Å². The number of aromatic amines is 1. The fraction of sp³-hybridized carbons (Fsp3) is 0.526. The molecule has 0 aliphatic heterocycles. The number of sulfonamides is 1. The van der Waals surface area contributed by atoms with E-state index in [1.165, 1.54) is 0 Å². The van der Waals surface area contributed by atoms with Crippen LogP contribution < -0.4 is 10.0 Å². The summed E-state index contributed by atoms with van der Waals surface area (Å²) in [5, 5.41) is 3.60. The zero-order valence-electron chi connectivity index (χ0n) is 14.7. The summed E-state index contributed by atoms with van der Waals surface area (Å²) in [7, 11) is -3.50. The number of hydrogen-bond donors (Lipinski definition) is 3. The highest BCUT2D eigenvalue weighted by atomic mass is 32.2. The number of nitrogens with one attached hydrogen (secondary N) is 3. The van der Waals surface area contributed by atoms with Gasteiger partial charge in [-0.3, -0.25) is 4.79 Å². The van der Waals surface area contributed by atoms with Crippen LogP contribution in [0.25, 0.3) is 10.9 Å². The molecule has 0 radical (unpaired) electrons. The van der Waals surface area contributed by atoms with Gasteiger partial charge in [-0.25, -0.2) is 13.1 Å². The second-order valence-corrected chi connectivity index (χ2v) is 9.46. The van der Waals surface area contributed by atoms with Crippen molar-refractivity contribution in [2.24, 2.45) is 0 Å². The van der Waals surface area contributed by atoms with Crippen LogP contribution in [-0.4, -0.2) is 36.6 Å². The van der Waals surface area contributed by atoms with Crippen molar-refractivity contribution in [1.82, 2.24) is 15.0 Å². The Morgan fingerprint density at radius 3 is 2.62 bits per heavy atom. The minimum absolute atomic E-state index is 0.198. The molecule has 1 atom stereocenters. The van der Waals surface area contributed by atoms with Gasteiger partial charge in [0.1, 0.15) is 6.04 Å². The van der Waals surface area contributed by atoms with Gasteiger partial charge in [-0.15, -0.1) is 0 Å². The molecule has 2 fully saturated rings. The Morgan fingerprint density at radius 1 is 1.15 bits per heavy atom. The van der Waals surface area contributed by atoms with Crippen molar-refractivity contribution in [3.8, 4) is 0 Å². The molecule has 0 saturated heterocycles. The maximum Gasteiger partial charge on any atom is 0.238 e. The number of hydrogen-bond acceptors (Lipinski definition) is 3. The summed E-state index contributed by atoms with van der Waals surface area (Å²) in [6, 6.07) is 7.28. The van der Waals surface area contributed by atoms with E-state index in [0.29, 0.717) is 19.3 Å². The van der Waals surface area contributed by atoms with E-state index in [-0.39, 0.29) is 17.2 Å². The van der Waals surface area contributed by atoms with Gasteiger partial charge in [-0.05, 0) is 43.7 Å². The predicted molar refractivity (Wildman–Crippen MR) is 101 cm³/mol. The molecule has 6 nitrogen and oxygen atoms in total. The highest BCUT2D eigenvalue weighted by Crippen LogP contribution is 2.26. The van der Waals surface area contributed by atoms with Crippen LogP contribution >= 0.6 is 0 Å². The third kappa shape index (κ3) is 3.78. The number of fused-ring (bicyclic) bond motifs is 1. The molecule has 1 aromatic heterocycles. The largest absolute Gasteiger partial charge is 0.361 e. The van der Waals surface area contributed by atoms with Crippen LogP contribution in [-0.2, 0) is 21.2 Å². The Balaban J connectivity index is 1.56. The predicted octanol–water partition coefficient (Wildman–Crippen LogP) is 2.22. The third-order valence-electron chi connectivity index (χ3n) is 5.39. The van der Waals surface area contributed by atoms with E-state index in [9.17, 15) is 13.2 Å². The van der Waals surface area contributed by atoms with Gasteiger partial charge in [0.25, 0.3) is 0 Å². The van der Waals surface area contributed by atoms with Crippen molar-refractivity contribution in [2.45, 2.75) is 62.3 Å². The van der Waals surface area contributed by atoms with Crippen LogP contribution in [0.1, 0.15) is 44.1 Å². The molecule has 0 bridgehead atoms. The van der Waals surface area contributed by atoms with Gasteiger partial charge in [-0.1, -0.05) is 31.0 Å². The van der Waals surface area contributed by atoms with Crippen molar-refractivity contribution in [1.29, 1.82) is 0 Å². The average molecular weight is 375 g/mol. The molecule has 26 heavy (non-hydrogen) atoms. The number of para-hydroxylation sites is 1. The summed E-state index contributed by atoms with van der Waals surface area (Å²) in [4.78, 5) is 15.9. The van der Waals surface area contributed by atoms with Crippen LogP contribution in [0.5, 0.6) is 0 Å². The van der Waals surface area contributed by atoms with E-state index >= 15 is 0 Å². The maximum absolute atomic E-state index is 12.7. The first-order chi connectivity index (χ1) is 12.5. The first-order valence-corrected chi connectivity index (χ1v) is 10.9. The average Bonchev–Trinajstić information content (AvgIpc) is 3.12. The van der Waals surface area contributed by atoms with Crippen molar-refractivity contribution < 1.29 is 13.2 Å². The fourth-order valence-corrected chi connectivity index (χ4v) is 5.46. The molecule has 1 heterocycles. The molecule has 3 N–H and O–H groups in total. The van der Waals surface area contributed by atoms with Gasteiger partial charge in [0.2, 0.25) is 15.9 Å². The summed E-state index contributed by atoms with van der Waals surface area (Å²) in [5.41, 5.74) is 1.94. The Bertz CT molecular complexity index is 896. The number of benzene rings is 1. The molecular formula is C19H25N3O3S. The number of aromatic nitrogens is 1. The molecular weight excluding hydrogens is 350 g/mol. The van der Waals surface area contributed by atoms with Gasteiger partial charge in [0, 0.05) is 23.1 Å². The van der Waals surface area contributed by atoms with Crippen molar-refractivity contribution in [2.75, 3.05) is 0 Å². The normalized spacial score (nSPS) is 19.7. The lowest BCUT2D eigenvalue weighted by atomic mass is 10.1. The molecule has 1 aromatic carbocycles. The summed E-state index contributed by atoms with van der Waals surface area (Å²) in [6.07, 6.45) is 7.39. The zero-order valence-corrected chi connectivity index (χ0v) is 15.5. The molecule has 2 aliphatic carbocycles. The SMILES string of the molecule is O=C(NC1CC1)[C@H](Cc1c[nH]c2ccccc12)NS(=O)(=O)C1CCCC1. The lowest BCUT2D eigenvalue weighted by molar-refractivity contribution is -0.122. The number of rotatable bonds is 7. The molecule has 2 aliphatic rings. The van der Waals surface area contributed by atoms with Crippen LogP contribution in [0.3, 0.4) is 0 Å². The molecule has 2 aromatic rings. The summed E-state index contributed by atoms with van der Waals surface area (Å²) < 4.78 is 28.2.